The third-order valence-electron chi connectivity index (χ3n) is 4.75. The van der Waals surface area contributed by atoms with E-state index in [1.807, 2.05) is 11.0 Å². The lowest BCUT2D eigenvalue weighted by atomic mass is 9.92. The van der Waals surface area contributed by atoms with Gasteiger partial charge in [0.2, 0.25) is 5.91 Å². The van der Waals surface area contributed by atoms with Crippen molar-refractivity contribution in [3.63, 3.8) is 0 Å². The summed E-state index contributed by atoms with van der Waals surface area (Å²) in [5, 5.41) is 1.25. The van der Waals surface area contributed by atoms with Gasteiger partial charge in [-0.2, -0.15) is 0 Å². The first-order valence-electron chi connectivity index (χ1n) is 8.06. The molecule has 1 amide bonds. The van der Waals surface area contributed by atoms with Crippen LogP contribution in [0.2, 0.25) is 0 Å². The van der Waals surface area contributed by atoms with Crippen molar-refractivity contribution in [3.05, 3.63) is 65.4 Å². The summed E-state index contributed by atoms with van der Waals surface area (Å²) in [6.45, 7) is 0.688. The van der Waals surface area contributed by atoms with Gasteiger partial charge in [0.05, 0.1) is 6.04 Å². The van der Waals surface area contributed by atoms with E-state index in [0.717, 1.165) is 23.2 Å². The number of carbonyl (C=O) groups excluding carboxylic acids is 1. The summed E-state index contributed by atoms with van der Waals surface area (Å²) in [6, 6.07) is 16.7. The Balaban J connectivity index is 1.87. The SMILES string of the molecule is O=C(CCl)N1CCc2c([nH]c3ccccc23)[C@H]1c1ccc(SI)cc1. The van der Waals surface area contributed by atoms with Gasteiger partial charge in [-0.15, -0.1) is 11.6 Å². The minimum atomic E-state index is -0.115. The maximum absolute atomic E-state index is 12.5. The maximum atomic E-state index is 12.5. The molecule has 0 bridgehead atoms. The molecular weight excluding hydrogens is 467 g/mol. The minimum Gasteiger partial charge on any atom is -0.356 e. The second-order valence-electron chi connectivity index (χ2n) is 6.08. The van der Waals surface area contributed by atoms with Gasteiger partial charge in [-0.1, -0.05) is 39.3 Å². The summed E-state index contributed by atoms with van der Waals surface area (Å²) in [6.07, 6.45) is 0.847. The van der Waals surface area contributed by atoms with Crippen LogP contribution in [0.3, 0.4) is 0 Å². The smallest absolute Gasteiger partial charge is 0.238 e. The van der Waals surface area contributed by atoms with Crippen LogP contribution in [0.5, 0.6) is 0 Å². The van der Waals surface area contributed by atoms with Gasteiger partial charge >= 0.3 is 0 Å². The molecule has 3 aromatic rings. The van der Waals surface area contributed by atoms with Crippen molar-refractivity contribution >= 4 is 58.5 Å². The number of hydrogen-bond acceptors (Lipinski definition) is 2. The normalized spacial score (nSPS) is 16.9. The number of hydrogen-bond donors (Lipinski definition) is 1. The molecular formula is C19H16ClIN2OS. The Morgan fingerprint density at radius 3 is 2.72 bits per heavy atom. The standard InChI is InChI=1S/C19H16ClIN2OS/c20-11-17(24)23-10-9-15-14-3-1-2-4-16(14)22-18(15)19(23)12-5-7-13(25-21)8-6-12/h1-8,19,22H,9-11H2/t19-/m1/s1. The Labute approximate surface area is 167 Å². The lowest BCUT2D eigenvalue weighted by molar-refractivity contribution is -0.130. The van der Waals surface area contributed by atoms with Crippen LogP contribution in [0, 0.1) is 0 Å². The van der Waals surface area contributed by atoms with Crippen molar-refractivity contribution in [2.24, 2.45) is 0 Å². The van der Waals surface area contributed by atoms with Crippen LogP contribution in [-0.4, -0.2) is 28.2 Å². The first kappa shape index (κ1) is 17.2. The highest BCUT2D eigenvalue weighted by Gasteiger charge is 2.33. The summed E-state index contributed by atoms with van der Waals surface area (Å²) in [7, 11) is 1.69. The topological polar surface area (TPSA) is 36.1 Å². The molecule has 1 aliphatic rings. The number of nitrogens with one attached hydrogen (secondary N) is 1. The van der Waals surface area contributed by atoms with E-state index >= 15 is 0 Å². The number of rotatable bonds is 3. The zero-order valence-corrected chi connectivity index (χ0v) is 17.1. The summed E-state index contributed by atoms with van der Waals surface area (Å²) in [5.74, 6) is -0.0170. The number of amides is 1. The van der Waals surface area contributed by atoms with Crippen molar-refractivity contribution in [1.29, 1.82) is 0 Å². The van der Waals surface area contributed by atoms with Crippen LogP contribution >= 0.6 is 41.7 Å². The monoisotopic (exact) mass is 482 g/mol. The predicted octanol–water partition coefficient (Wildman–Crippen LogP) is 5.32. The molecule has 4 rings (SSSR count). The van der Waals surface area contributed by atoms with Crippen LogP contribution in [0.25, 0.3) is 10.9 Å². The van der Waals surface area contributed by atoms with Crippen LogP contribution in [-0.2, 0) is 11.2 Å². The number of alkyl halides is 1. The van der Waals surface area contributed by atoms with Gasteiger partial charge in [-0.25, -0.2) is 0 Å². The van der Waals surface area contributed by atoms with E-state index in [2.05, 4.69) is 68.7 Å². The molecule has 25 heavy (non-hydrogen) atoms. The molecule has 3 nitrogen and oxygen atoms in total. The molecule has 1 aliphatic heterocycles. The van der Waals surface area contributed by atoms with Gasteiger partial charge < -0.3 is 9.88 Å². The highest BCUT2D eigenvalue weighted by Crippen LogP contribution is 2.39. The number of para-hydroxylation sites is 1. The number of benzene rings is 2. The number of halogens is 2. The lowest BCUT2D eigenvalue weighted by Gasteiger charge is -2.36. The van der Waals surface area contributed by atoms with Crippen molar-refractivity contribution in [2.45, 2.75) is 17.4 Å². The number of H-pyrrole nitrogens is 1. The summed E-state index contributed by atoms with van der Waals surface area (Å²) in [5.41, 5.74) is 4.66. The van der Waals surface area contributed by atoms with Crippen molar-refractivity contribution in [3.8, 4) is 0 Å². The molecule has 0 fully saturated rings. The largest absolute Gasteiger partial charge is 0.356 e. The van der Waals surface area contributed by atoms with Crippen molar-refractivity contribution in [2.75, 3.05) is 12.4 Å². The average Bonchev–Trinajstić information content (AvgIpc) is 3.05. The Morgan fingerprint density at radius 1 is 1.24 bits per heavy atom. The zero-order chi connectivity index (χ0) is 17.4. The van der Waals surface area contributed by atoms with Gasteiger partial charge in [0.25, 0.3) is 0 Å². The van der Waals surface area contributed by atoms with Gasteiger partial charge in [0.1, 0.15) is 5.88 Å². The van der Waals surface area contributed by atoms with E-state index in [4.69, 9.17) is 11.6 Å². The highest BCUT2D eigenvalue weighted by molar-refractivity contribution is 14.2. The summed E-state index contributed by atoms with van der Waals surface area (Å²) >= 11 is 8.16. The van der Waals surface area contributed by atoms with E-state index in [-0.39, 0.29) is 17.8 Å². The van der Waals surface area contributed by atoms with Crippen LogP contribution in [0.1, 0.15) is 22.9 Å². The van der Waals surface area contributed by atoms with E-state index in [9.17, 15) is 4.79 Å². The second kappa shape index (κ2) is 7.21. The zero-order valence-electron chi connectivity index (χ0n) is 13.3. The lowest BCUT2D eigenvalue weighted by Crippen LogP contribution is -2.41. The molecule has 1 atom stereocenters. The van der Waals surface area contributed by atoms with Crippen LogP contribution in [0.15, 0.2) is 53.4 Å². The Morgan fingerprint density at radius 2 is 2.00 bits per heavy atom. The van der Waals surface area contributed by atoms with E-state index in [0.29, 0.717) is 6.54 Å². The maximum Gasteiger partial charge on any atom is 0.238 e. The number of carbonyl (C=O) groups is 1. The molecule has 0 saturated heterocycles. The quantitative estimate of drug-likeness (QED) is 0.405. The van der Waals surface area contributed by atoms with Gasteiger partial charge in [0.15, 0.2) is 0 Å². The molecule has 0 saturated carbocycles. The molecule has 0 unspecified atom stereocenters. The van der Waals surface area contributed by atoms with E-state index < -0.39 is 0 Å². The van der Waals surface area contributed by atoms with Crippen molar-refractivity contribution in [1.82, 2.24) is 9.88 Å². The summed E-state index contributed by atoms with van der Waals surface area (Å²) < 4.78 is 0. The molecule has 2 heterocycles. The molecule has 0 aliphatic carbocycles. The molecule has 128 valence electrons. The fourth-order valence-corrected chi connectivity index (χ4v) is 4.91. The second-order valence-corrected chi connectivity index (χ2v) is 8.30. The average molecular weight is 483 g/mol. The number of fused-ring (bicyclic) bond motifs is 3. The van der Waals surface area contributed by atoms with Crippen molar-refractivity contribution < 1.29 is 4.79 Å². The van der Waals surface area contributed by atoms with Gasteiger partial charge in [-0.3, -0.25) is 4.79 Å². The fourth-order valence-electron chi connectivity index (χ4n) is 3.63. The molecule has 1 aromatic heterocycles. The predicted molar refractivity (Wildman–Crippen MR) is 113 cm³/mol. The van der Waals surface area contributed by atoms with E-state index in [1.165, 1.54) is 15.8 Å². The van der Waals surface area contributed by atoms with Crippen LogP contribution in [0.4, 0.5) is 0 Å². The van der Waals surface area contributed by atoms with E-state index in [1.54, 1.807) is 8.93 Å². The van der Waals surface area contributed by atoms with Crippen LogP contribution < -0.4 is 0 Å². The number of aromatic nitrogens is 1. The Kier molecular flexibility index (Phi) is 4.97. The molecule has 6 heteroatoms. The third kappa shape index (κ3) is 3.06. The van der Waals surface area contributed by atoms with Gasteiger partial charge in [0, 0.05) is 49.2 Å². The summed E-state index contributed by atoms with van der Waals surface area (Å²) in [4.78, 5) is 19.1. The minimum absolute atomic E-state index is 0.00769. The number of nitrogens with zero attached hydrogens (tertiary/aromatic N) is 1. The fraction of sp³-hybridized carbons (Fsp3) is 0.211. The first-order valence-corrected chi connectivity index (χ1v) is 12.0. The third-order valence-corrected chi connectivity index (χ3v) is 6.96. The number of aromatic amines is 1. The van der Waals surface area contributed by atoms with Gasteiger partial charge in [-0.05, 0) is 35.7 Å². The Bertz CT molecular complexity index is 925. The Hall–Kier alpha value is -1.18. The molecule has 0 radical (unpaired) electrons. The molecule has 2 aromatic carbocycles. The first-order chi connectivity index (χ1) is 12.2. The molecule has 0 spiro atoms. The highest BCUT2D eigenvalue weighted by atomic mass is 127. The molecule has 1 N–H and O–H groups in total.